The molecule has 0 spiro atoms. The molecular weight excluding hydrogens is 412 g/mol. The van der Waals surface area contributed by atoms with Crippen molar-refractivity contribution >= 4 is 28.3 Å². The summed E-state index contributed by atoms with van der Waals surface area (Å²) in [4.78, 5) is 16.1. The summed E-state index contributed by atoms with van der Waals surface area (Å²) in [5, 5.41) is 1.91. The first kappa shape index (κ1) is 20.0. The third-order valence-electron chi connectivity index (χ3n) is 3.77. The van der Waals surface area contributed by atoms with E-state index in [4.69, 9.17) is 11.6 Å². The third-order valence-corrected chi connectivity index (χ3v) is 4.09. The highest BCUT2D eigenvalue weighted by molar-refractivity contribution is 6.32. The fraction of sp³-hybridized carbons (Fsp3) is 0.176. The van der Waals surface area contributed by atoms with Crippen molar-refractivity contribution in [3.05, 3.63) is 63.5 Å². The number of halogens is 7. The molecule has 2 aromatic carbocycles. The van der Waals surface area contributed by atoms with Crippen molar-refractivity contribution in [3.63, 3.8) is 0 Å². The minimum absolute atomic E-state index is 0.0494. The lowest BCUT2D eigenvalue weighted by Gasteiger charge is -2.17. The average Bonchev–Trinajstić information content (AvgIpc) is 2.59. The molecule has 0 saturated carbocycles. The van der Waals surface area contributed by atoms with E-state index in [0.717, 1.165) is 10.6 Å². The van der Waals surface area contributed by atoms with Crippen molar-refractivity contribution in [2.45, 2.75) is 12.4 Å². The zero-order valence-corrected chi connectivity index (χ0v) is 14.5. The van der Waals surface area contributed by atoms with Gasteiger partial charge >= 0.3 is 18.0 Å². The molecule has 148 valence electrons. The molecule has 0 aliphatic carbocycles. The molecule has 28 heavy (non-hydrogen) atoms. The van der Waals surface area contributed by atoms with Gasteiger partial charge in [-0.3, -0.25) is 4.57 Å². The molecule has 0 unspecified atom stereocenters. The van der Waals surface area contributed by atoms with Gasteiger partial charge in [-0.05, 0) is 30.3 Å². The highest BCUT2D eigenvalue weighted by Crippen LogP contribution is 2.34. The Hall–Kier alpha value is -2.75. The zero-order chi connectivity index (χ0) is 20.7. The number of aromatic nitrogens is 2. The maximum Gasteiger partial charge on any atom is 0.416 e. The molecule has 0 saturated heterocycles. The summed E-state index contributed by atoms with van der Waals surface area (Å²) in [5.74, 6) is -0.477. The van der Waals surface area contributed by atoms with Crippen molar-refractivity contribution in [1.82, 2.24) is 9.55 Å². The molecule has 0 amide bonds. The van der Waals surface area contributed by atoms with Crippen molar-refractivity contribution < 1.29 is 26.3 Å². The van der Waals surface area contributed by atoms with Crippen LogP contribution in [0.1, 0.15) is 5.56 Å². The number of nitrogens with one attached hydrogen (secondary N) is 1. The highest BCUT2D eigenvalue weighted by atomic mass is 35.5. The molecule has 4 nitrogen and oxygen atoms in total. The van der Waals surface area contributed by atoms with Gasteiger partial charge in [-0.1, -0.05) is 23.7 Å². The molecule has 1 aromatic heterocycles. The third kappa shape index (κ3) is 4.06. The number of hydrogen-bond donors (Lipinski definition) is 1. The Kier molecular flexibility index (Phi) is 5.00. The quantitative estimate of drug-likeness (QED) is 0.603. The van der Waals surface area contributed by atoms with Gasteiger partial charge in [-0.2, -0.15) is 31.3 Å². The predicted octanol–water partition coefficient (Wildman–Crippen LogP) is 5.03. The van der Waals surface area contributed by atoms with Crippen LogP contribution in [-0.2, 0) is 6.18 Å². The number of benzene rings is 2. The Morgan fingerprint density at radius 2 is 1.71 bits per heavy atom. The van der Waals surface area contributed by atoms with E-state index in [9.17, 15) is 31.1 Å². The van der Waals surface area contributed by atoms with Crippen LogP contribution >= 0.6 is 11.6 Å². The molecule has 0 radical (unpaired) electrons. The van der Waals surface area contributed by atoms with Gasteiger partial charge in [0.25, 0.3) is 0 Å². The van der Waals surface area contributed by atoms with E-state index in [1.807, 2.05) is 5.32 Å². The van der Waals surface area contributed by atoms with E-state index in [-0.39, 0.29) is 21.6 Å². The monoisotopic (exact) mass is 421 g/mol. The molecular formula is C17H10ClF6N3O. The van der Waals surface area contributed by atoms with Crippen LogP contribution in [0.4, 0.5) is 32.2 Å². The molecule has 0 aliphatic rings. The number of rotatable bonds is 3. The van der Waals surface area contributed by atoms with Gasteiger partial charge in [0.1, 0.15) is 12.4 Å². The smallest absolute Gasteiger partial charge is 0.360 e. The molecule has 0 bridgehead atoms. The first-order valence-electron chi connectivity index (χ1n) is 7.67. The average molecular weight is 422 g/mol. The Morgan fingerprint density at radius 3 is 2.32 bits per heavy atom. The molecule has 1 heterocycles. The summed E-state index contributed by atoms with van der Waals surface area (Å²) >= 11 is 6.05. The second-order valence-electron chi connectivity index (χ2n) is 5.73. The van der Waals surface area contributed by atoms with Crippen molar-refractivity contribution in [3.8, 4) is 5.69 Å². The number of para-hydroxylation sites is 1. The van der Waals surface area contributed by atoms with Gasteiger partial charge in [0, 0.05) is 5.39 Å². The highest BCUT2D eigenvalue weighted by Gasteiger charge is 2.32. The number of alkyl halides is 6. The normalized spacial score (nSPS) is 12.4. The molecule has 0 aliphatic heterocycles. The predicted molar refractivity (Wildman–Crippen MR) is 91.9 cm³/mol. The molecule has 3 aromatic rings. The van der Waals surface area contributed by atoms with Crippen LogP contribution < -0.4 is 11.0 Å². The topological polar surface area (TPSA) is 46.9 Å². The maximum atomic E-state index is 13.1. The van der Waals surface area contributed by atoms with Gasteiger partial charge in [0.05, 0.1) is 21.8 Å². The number of anilines is 1. The number of nitrogens with zero attached hydrogens (tertiary/aromatic N) is 2. The van der Waals surface area contributed by atoms with E-state index >= 15 is 0 Å². The van der Waals surface area contributed by atoms with Gasteiger partial charge in [-0.25, -0.2) is 4.79 Å². The van der Waals surface area contributed by atoms with Crippen LogP contribution in [0.2, 0.25) is 5.02 Å². The standard InChI is InChI=1S/C17H10ClF6N3O/c18-11-3-1-2-4-12(11)27-13-7-9(17(22,23)24)5-6-10(13)14(26-15(27)28)25-8-16(19,20)21/h1-7H,8H2,(H,25,26,28). The Labute approximate surface area is 158 Å². The van der Waals surface area contributed by atoms with Crippen molar-refractivity contribution in [2.75, 3.05) is 11.9 Å². The lowest BCUT2D eigenvalue weighted by Crippen LogP contribution is -2.27. The Balaban J connectivity index is 2.32. The summed E-state index contributed by atoms with van der Waals surface area (Å²) in [5.41, 5.74) is -2.39. The largest absolute Gasteiger partial charge is 0.416 e. The zero-order valence-electron chi connectivity index (χ0n) is 13.7. The SMILES string of the molecule is O=c1nc(NCC(F)(F)F)c2ccc(C(F)(F)F)cc2n1-c1ccccc1Cl. The van der Waals surface area contributed by atoms with Crippen LogP contribution in [0.5, 0.6) is 0 Å². The fourth-order valence-corrected chi connectivity index (χ4v) is 2.81. The Bertz CT molecular complexity index is 1090. The van der Waals surface area contributed by atoms with E-state index in [0.29, 0.717) is 12.1 Å². The number of fused-ring (bicyclic) bond motifs is 1. The summed E-state index contributed by atoms with van der Waals surface area (Å²) in [6.07, 6.45) is -9.34. The first-order valence-corrected chi connectivity index (χ1v) is 8.05. The summed E-state index contributed by atoms with van der Waals surface area (Å²) in [7, 11) is 0. The van der Waals surface area contributed by atoms with Gasteiger partial charge in [-0.15, -0.1) is 0 Å². The van der Waals surface area contributed by atoms with Crippen molar-refractivity contribution in [1.29, 1.82) is 0 Å². The van der Waals surface area contributed by atoms with Crippen LogP contribution in [0, 0.1) is 0 Å². The summed E-state index contributed by atoms with van der Waals surface area (Å²) < 4.78 is 77.8. The first-order chi connectivity index (χ1) is 13.0. The van der Waals surface area contributed by atoms with Gasteiger partial charge in [0.15, 0.2) is 0 Å². The lowest BCUT2D eigenvalue weighted by atomic mass is 10.1. The lowest BCUT2D eigenvalue weighted by molar-refractivity contribution is -0.137. The second-order valence-corrected chi connectivity index (χ2v) is 6.14. The van der Waals surface area contributed by atoms with Gasteiger partial charge in [0.2, 0.25) is 0 Å². The van der Waals surface area contributed by atoms with Crippen LogP contribution in [-0.4, -0.2) is 22.3 Å². The molecule has 1 N–H and O–H groups in total. The maximum absolute atomic E-state index is 13.1. The van der Waals surface area contributed by atoms with E-state index < -0.39 is 36.0 Å². The summed E-state index contributed by atoms with van der Waals surface area (Å²) in [6, 6.07) is 8.17. The fourth-order valence-electron chi connectivity index (χ4n) is 2.59. The molecule has 0 atom stereocenters. The van der Waals surface area contributed by atoms with E-state index in [1.165, 1.54) is 18.2 Å². The molecule has 3 rings (SSSR count). The minimum atomic E-state index is -4.72. The summed E-state index contributed by atoms with van der Waals surface area (Å²) in [6.45, 7) is -1.51. The second kappa shape index (κ2) is 7.01. The van der Waals surface area contributed by atoms with E-state index in [1.54, 1.807) is 6.07 Å². The number of hydrogen-bond acceptors (Lipinski definition) is 3. The van der Waals surface area contributed by atoms with Crippen LogP contribution in [0.15, 0.2) is 47.3 Å². The molecule has 11 heteroatoms. The van der Waals surface area contributed by atoms with Crippen LogP contribution in [0.3, 0.4) is 0 Å². The van der Waals surface area contributed by atoms with Gasteiger partial charge < -0.3 is 5.32 Å². The minimum Gasteiger partial charge on any atom is -0.360 e. The Morgan fingerprint density at radius 1 is 1.04 bits per heavy atom. The molecule has 0 fully saturated rings. The van der Waals surface area contributed by atoms with E-state index in [2.05, 4.69) is 4.98 Å². The van der Waals surface area contributed by atoms with Crippen LogP contribution in [0.25, 0.3) is 16.6 Å². The van der Waals surface area contributed by atoms with Crippen molar-refractivity contribution in [2.24, 2.45) is 0 Å².